The monoisotopic (exact) mass is 358 g/mol. The fourth-order valence-corrected chi connectivity index (χ4v) is 3.27. The molecule has 4 nitrogen and oxygen atoms in total. The van der Waals surface area contributed by atoms with Crippen LogP contribution in [-0.4, -0.2) is 27.9 Å². The van der Waals surface area contributed by atoms with E-state index in [2.05, 4.69) is 26.8 Å². The van der Waals surface area contributed by atoms with Crippen LogP contribution in [0, 0.1) is 5.92 Å². The van der Waals surface area contributed by atoms with E-state index in [4.69, 9.17) is 4.74 Å². The summed E-state index contributed by atoms with van der Waals surface area (Å²) >= 11 is 0. The number of phenols is 1. The molecule has 26 heavy (non-hydrogen) atoms. The first-order valence-electron chi connectivity index (χ1n) is 9.27. The first kappa shape index (κ1) is 20.2. The summed E-state index contributed by atoms with van der Waals surface area (Å²) in [5, 5.41) is 20.2. The van der Waals surface area contributed by atoms with Gasteiger partial charge in [0.1, 0.15) is 11.9 Å². The van der Waals surface area contributed by atoms with Gasteiger partial charge in [0.25, 0.3) is 0 Å². The highest BCUT2D eigenvalue weighted by molar-refractivity contribution is 5.89. The van der Waals surface area contributed by atoms with Crippen LogP contribution in [0.25, 0.3) is 0 Å². The van der Waals surface area contributed by atoms with Crippen LogP contribution in [0.1, 0.15) is 63.7 Å². The summed E-state index contributed by atoms with van der Waals surface area (Å²) in [5.41, 5.74) is 1.74. The minimum absolute atomic E-state index is 0.103. The number of ether oxygens (including phenoxy) is 1. The van der Waals surface area contributed by atoms with Gasteiger partial charge >= 0.3 is 5.97 Å². The molecule has 0 bridgehead atoms. The molecule has 2 rings (SSSR count). The third kappa shape index (κ3) is 5.73. The molecule has 0 saturated heterocycles. The van der Waals surface area contributed by atoms with Crippen LogP contribution in [-0.2, 0) is 4.74 Å². The van der Waals surface area contributed by atoms with E-state index in [0.29, 0.717) is 18.4 Å². The quantitative estimate of drug-likeness (QED) is 0.764. The summed E-state index contributed by atoms with van der Waals surface area (Å²) in [7, 11) is 0. The number of aromatic hydroxyl groups is 1. The number of hydrogen-bond acceptors (Lipinski definition) is 4. The third-order valence-corrected chi connectivity index (χ3v) is 4.86. The number of hydrogen-bond donors (Lipinski definition) is 2. The van der Waals surface area contributed by atoms with Crippen molar-refractivity contribution >= 4 is 5.97 Å². The molecule has 4 heteroatoms. The van der Waals surface area contributed by atoms with E-state index in [9.17, 15) is 15.0 Å². The average molecular weight is 358 g/mol. The molecule has 0 saturated carbocycles. The molecule has 1 aromatic rings. The molecule has 0 unspecified atom stereocenters. The fourth-order valence-electron chi connectivity index (χ4n) is 3.27. The smallest absolute Gasteiger partial charge is 0.338 e. The molecule has 0 spiro atoms. The number of carbonyl (C=O) groups is 1. The molecule has 0 aliphatic heterocycles. The summed E-state index contributed by atoms with van der Waals surface area (Å²) in [6, 6.07) is 6.01. The van der Waals surface area contributed by atoms with Crippen LogP contribution in [0.3, 0.4) is 0 Å². The lowest BCUT2D eigenvalue weighted by molar-refractivity contribution is -0.0135. The van der Waals surface area contributed by atoms with Crippen LogP contribution < -0.4 is 0 Å². The first-order chi connectivity index (χ1) is 12.2. The van der Waals surface area contributed by atoms with Crippen molar-refractivity contribution in [2.75, 3.05) is 0 Å². The van der Waals surface area contributed by atoms with Gasteiger partial charge < -0.3 is 14.9 Å². The second-order valence-electron chi connectivity index (χ2n) is 7.83. The van der Waals surface area contributed by atoms with Crippen molar-refractivity contribution in [2.45, 2.75) is 65.1 Å². The Hall–Kier alpha value is -2.07. The van der Waals surface area contributed by atoms with Gasteiger partial charge in [0.05, 0.1) is 11.2 Å². The fraction of sp³-hybridized carbons (Fsp3) is 0.500. The Morgan fingerprint density at radius 3 is 2.50 bits per heavy atom. The molecule has 0 radical (unpaired) electrons. The number of benzene rings is 1. The normalized spacial score (nSPS) is 24.6. The maximum Gasteiger partial charge on any atom is 0.338 e. The van der Waals surface area contributed by atoms with E-state index in [1.54, 1.807) is 12.1 Å². The molecular formula is C22H30O4. The molecule has 0 heterocycles. The molecule has 142 valence electrons. The van der Waals surface area contributed by atoms with E-state index in [0.717, 1.165) is 18.4 Å². The molecule has 0 amide bonds. The number of phenolic OH excluding ortho intramolecular Hbond substituents is 1. The summed E-state index contributed by atoms with van der Waals surface area (Å²) < 4.78 is 5.82. The second-order valence-corrected chi connectivity index (χ2v) is 7.83. The van der Waals surface area contributed by atoms with Crippen molar-refractivity contribution in [1.29, 1.82) is 0 Å². The Balaban J connectivity index is 2.33. The second kappa shape index (κ2) is 8.54. The van der Waals surface area contributed by atoms with Gasteiger partial charge in [0.2, 0.25) is 0 Å². The van der Waals surface area contributed by atoms with Crippen molar-refractivity contribution in [3.05, 3.63) is 53.1 Å². The molecule has 1 aliphatic rings. The van der Waals surface area contributed by atoms with E-state index < -0.39 is 17.7 Å². The highest BCUT2D eigenvalue weighted by Crippen LogP contribution is 2.30. The zero-order chi connectivity index (χ0) is 19.3. The van der Waals surface area contributed by atoms with Gasteiger partial charge in [0.15, 0.2) is 0 Å². The Morgan fingerprint density at radius 1 is 1.23 bits per heavy atom. The molecular weight excluding hydrogens is 328 g/mol. The maximum absolute atomic E-state index is 12.6. The minimum atomic E-state index is -0.897. The molecule has 1 aliphatic carbocycles. The van der Waals surface area contributed by atoms with Crippen LogP contribution in [0.4, 0.5) is 0 Å². The number of allylic oxidation sites excluding steroid dienone is 3. The van der Waals surface area contributed by atoms with Gasteiger partial charge in [-0.15, -0.1) is 0 Å². The molecule has 1 aromatic carbocycles. The number of aliphatic hydroxyl groups is 1. The average Bonchev–Trinajstić information content (AvgIpc) is 2.54. The Morgan fingerprint density at radius 2 is 1.88 bits per heavy atom. The molecule has 0 fully saturated rings. The highest BCUT2D eigenvalue weighted by Gasteiger charge is 2.31. The van der Waals surface area contributed by atoms with Crippen molar-refractivity contribution in [3.63, 3.8) is 0 Å². The third-order valence-electron chi connectivity index (χ3n) is 4.86. The predicted molar refractivity (Wildman–Crippen MR) is 103 cm³/mol. The van der Waals surface area contributed by atoms with Crippen LogP contribution in [0.15, 0.2) is 47.6 Å². The van der Waals surface area contributed by atoms with E-state index in [1.165, 1.54) is 17.7 Å². The highest BCUT2D eigenvalue weighted by atomic mass is 16.5. The molecule has 2 atom stereocenters. The number of carbonyl (C=O) groups excluding carboxylic acids is 1. The Labute approximate surface area is 156 Å². The number of rotatable bonds is 3. The number of esters is 1. The van der Waals surface area contributed by atoms with Crippen molar-refractivity contribution < 1.29 is 19.7 Å². The minimum Gasteiger partial charge on any atom is -0.508 e. The predicted octanol–water partition coefficient (Wildman–Crippen LogP) is 4.77. The SMILES string of the molecule is CC1=CC=C(C(C)C)[C@@H](OC(=O)c2ccc(O)cc2)C[C@@](C)(O)CCC1. The Bertz CT molecular complexity index is 681. The maximum atomic E-state index is 12.6. The molecule has 2 N–H and O–H groups in total. The van der Waals surface area contributed by atoms with Gasteiger partial charge in [-0.2, -0.15) is 0 Å². The standard InChI is InChI=1S/C22H30O4/c1-15(2)19-12-7-16(3)6-5-13-22(4,25)14-20(19)26-21(24)17-8-10-18(23)11-9-17/h7-12,15,20,23,25H,5-6,13-14H2,1-4H3/t20-,22-/m0/s1. The van der Waals surface area contributed by atoms with Crippen molar-refractivity contribution in [2.24, 2.45) is 5.92 Å². The lowest BCUT2D eigenvalue weighted by Crippen LogP contribution is -2.35. The Kier molecular flexibility index (Phi) is 6.65. The summed E-state index contributed by atoms with van der Waals surface area (Å²) in [6.45, 7) is 8.03. The summed E-state index contributed by atoms with van der Waals surface area (Å²) in [4.78, 5) is 12.6. The zero-order valence-corrected chi connectivity index (χ0v) is 16.2. The largest absolute Gasteiger partial charge is 0.508 e. The summed E-state index contributed by atoms with van der Waals surface area (Å²) in [5.74, 6) is -0.159. The lowest BCUT2D eigenvalue weighted by Gasteiger charge is -2.32. The van der Waals surface area contributed by atoms with Crippen LogP contribution in [0.5, 0.6) is 5.75 Å². The van der Waals surface area contributed by atoms with E-state index in [-0.39, 0.29) is 11.7 Å². The van der Waals surface area contributed by atoms with Gasteiger partial charge in [-0.1, -0.05) is 31.6 Å². The summed E-state index contributed by atoms with van der Waals surface area (Å²) in [6.07, 6.45) is 6.53. The van der Waals surface area contributed by atoms with Gasteiger partial charge in [-0.05, 0) is 68.9 Å². The lowest BCUT2D eigenvalue weighted by atomic mass is 9.84. The van der Waals surface area contributed by atoms with Gasteiger partial charge in [-0.3, -0.25) is 0 Å². The van der Waals surface area contributed by atoms with E-state index >= 15 is 0 Å². The first-order valence-corrected chi connectivity index (χ1v) is 9.27. The van der Waals surface area contributed by atoms with Gasteiger partial charge in [0, 0.05) is 6.42 Å². The van der Waals surface area contributed by atoms with Crippen LogP contribution >= 0.6 is 0 Å². The molecule has 0 aromatic heterocycles. The van der Waals surface area contributed by atoms with Crippen molar-refractivity contribution in [1.82, 2.24) is 0 Å². The zero-order valence-electron chi connectivity index (χ0n) is 16.2. The van der Waals surface area contributed by atoms with Gasteiger partial charge in [-0.25, -0.2) is 4.79 Å². The van der Waals surface area contributed by atoms with Crippen molar-refractivity contribution in [3.8, 4) is 5.75 Å². The van der Waals surface area contributed by atoms with Crippen LogP contribution in [0.2, 0.25) is 0 Å². The topological polar surface area (TPSA) is 66.8 Å². The van der Waals surface area contributed by atoms with E-state index in [1.807, 2.05) is 13.0 Å².